The van der Waals surface area contributed by atoms with Crippen LogP contribution in [0.1, 0.15) is 50.3 Å². The second kappa shape index (κ2) is 9.52. The first kappa shape index (κ1) is 23.9. The van der Waals surface area contributed by atoms with Crippen LogP contribution in [0.15, 0.2) is 48.5 Å². The molecule has 178 valence electrons. The largest absolute Gasteiger partial charge is 0.439 e. The summed E-state index contributed by atoms with van der Waals surface area (Å²) in [5.41, 5.74) is 1.92. The molecular formula is C24H30ClN3O4S. The van der Waals surface area contributed by atoms with Gasteiger partial charge in [0.1, 0.15) is 6.10 Å². The van der Waals surface area contributed by atoms with E-state index in [-0.39, 0.29) is 12.2 Å². The third kappa shape index (κ3) is 5.62. The fourth-order valence-corrected chi connectivity index (χ4v) is 5.94. The number of rotatable bonds is 7. The Hall–Kier alpha value is -2.29. The number of hydrogen-bond acceptors (Lipinski definition) is 4. The van der Waals surface area contributed by atoms with E-state index in [1.807, 2.05) is 44.2 Å². The fraction of sp³-hybridized carbons (Fsp3) is 0.458. The van der Waals surface area contributed by atoms with Gasteiger partial charge in [0.15, 0.2) is 0 Å². The van der Waals surface area contributed by atoms with Crippen LogP contribution in [0.25, 0.3) is 0 Å². The highest BCUT2D eigenvalue weighted by molar-refractivity contribution is 7.90. The van der Waals surface area contributed by atoms with Crippen molar-refractivity contribution in [3.63, 3.8) is 0 Å². The number of ether oxygens (including phenoxy) is 1. The van der Waals surface area contributed by atoms with Crippen LogP contribution in [-0.4, -0.2) is 48.9 Å². The van der Waals surface area contributed by atoms with E-state index in [9.17, 15) is 13.2 Å². The number of amides is 1. The molecule has 2 fully saturated rings. The zero-order valence-electron chi connectivity index (χ0n) is 19.0. The second-order valence-corrected chi connectivity index (χ2v) is 11.4. The number of carbonyl (C=O) groups excluding carboxylic acids is 1. The summed E-state index contributed by atoms with van der Waals surface area (Å²) in [6.45, 7) is 5.57. The highest BCUT2D eigenvalue weighted by Crippen LogP contribution is 2.33. The van der Waals surface area contributed by atoms with E-state index in [4.69, 9.17) is 16.3 Å². The van der Waals surface area contributed by atoms with Crippen LogP contribution in [0, 0.1) is 0 Å². The highest BCUT2D eigenvalue weighted by Gasteiger charge is 2.41. The smallest absolute Gasteiger partial charge is 0.411 e. The van der Waals surface area contributed by atoms with Crippen molar-refractivity contribution in [3.05, 3.63) is 64.7 Å². The quantitative estimate of drug-likeness (QED) is 0.591. The Morgan fingerprint density at radius 2 is 1.79 bits per heavy atom. The number of carbonyl (C=O) groups is 1. The number of nitrogens with one attached hydrogen (secondary N) is 1. The van der Waals surface area contributed by atoms with Gasteiger partial charge in [-0.1, -0.05) is 42.3 Å². The van der Waals surface area contributed by atoms with Gasteiger partial charge in [0.2, 0.25) is 0 Å². The summed E-state index contributed by atoms with van der Waals surface area (Å²) in [7, 11) is -3.54. The van der Waals surface area contributed by atoms with E-state index in [1.165, 1.54) is 4.31 Å². The molecule has 0 aliphatic carbocycles. The van der Waals surface area contributed by atoms with Gasteiger partial charge in [-0.05, 0) is 68.5 Å². The number of hydrogen-bond donors (Lipinski definition) is 1. The molecule has 9 heteroatoms. The van der Waals surface area contributed by atoms with Crippen LogP contribution in [0.2, 0.25) is 5.02 Å². The first-order chi connectivity index (χ1) is 15.6. The van der Waals surface area contributed by atoms with Crippen molar-refractivity contribution in [2.75, 3.05) is 24.4 Å². The Bertz CT molecular complexity index is 1100. The molecule has 0 saturated carbocycles. The van der Waals surface area contributed by atoms with Gasteiger partial charge in [-0.15, -0.1) is 0 Å². The number of benzene rings is 2. The monoisotopic (exact) mass is 491 g/mol. The molecule has 1 atom stereocenters. The molecule has 0 unspecified atom stereocenters. The third-order valence-corrected chi connectivity index (χ3v) is 8.03. The van der Waals surface area contributed by atoms with Crippen LogP contribution in [0.3, 0.4) is 0 Å². The molecule has 2 saturated heterocycles. The van der Waals surface area contributed by atoms with Gasteiger partial charge in [-0.2, -0.15) is 12.7 Å². The summed E-state index contributed by atoms with van der Waals surface area (Å²) in [6.07, 6.45) is 2.75. The SMILES string of the molecule is CC(C)(Cc1ccc(NS(=O)(=O)N2CCCCC2)cc1)N1C[C@@H](c2cccc(Cl)c2)OC1=O. The molecule has 0 bridgehead atoms. The molecule has 2 aromatic rings. The number of piperidine rings is 1. The Labute approximate surface area is 200 Å². The van der Waals surface area contributed by atoms with Gasteiger partial charge in [-0.3, -0.25) is 9.62 Å². The summed E-state index contributed by atoms with van der Waals surface area (Å²) in [5, 5.41) is 0.609. The molecular weight excluding hydrogens is 462 g/mol. The van der Waals surface area contributed by atoms with Gasteiger partial charge >= 0.3 is 16.3 Å². The zero-order valence-corrected chi connectivity index (χ0v) is 20.5. The van der Waals surface area contributed by atoms with Crippen molar-refractivity contribution in [2.45, 2.75) is 51.2 Å². The van der Waals surface area contributed by atoms with Crippen molar-refractivity contribution in [3.8, 4) is 0 Å². The lowest BCUT2D eigenvalue weighted by molar-refractivity contribution is 0.116. The molecule has 0 aromatic heterocycles. The van der Waals surface area contributed by atoms with E-state index < -0.39 is 15.7 Å². The second-order valence-electron chi connectivity index (χ2n) is 9.29. The topological polar surface area (TPSA) is 79.0 Å². The third-order valence-electron chi connectivity index (χ3n) is 6.26. The molecule has 4 rings (SSSR count). The molecule has 0 spiro atoms. The summed E-state index contributed by atoms with van der Waals surface area (Å²) >= 11 is 6.09. The Morgan fingerprint density at radius 1 is 1.09 bits per heavy atom. The number of anilines is 1. The molecule has 2 aliphatic rings. The van der Waals surface area contributed by atoms with Gasteiger partial charge < -0.3 is 4.74 Å². The molecule has 2 aliphatic heterocycles. The molecule has 1 amide bonds. The normalized spacial score (nSPS) is 20.0. The van der Waals surface area contributed by atoms with Gasteiger partial charge in [0.25, 0.3) is 0 Å². The molecule has 2 heterocycles. The summed E-state index contributed by atoms with van der Waals surface area (Å²) in [6, 6.07) is 14.7. The van der Waals surface area contributed by atoms with Crippen molar-refractivity contribution in [1.82, 2.24) is 9.21 Å². The van der Waals surface area contributed by atoms with E-state index >= 15 is 0 Å². The molecule has 33 heavy (non-hydrogen) atoms. The zero-order chi connectivity index (χ0) is 23.6. The van der Waals surface area contributed by atoms with Crippen molar-refractivity contribution >= 4 is 33.6 Å². The van der Waals surface area contributed by atoms with Crippen LogP contribution in [0.5, 0.6) is 0 Å². The fourth-order valence-electron chi connectivity index (χ4n) is 4.44. The van der Waals surface area contributed by atoms with Crippen molar-refractivity contribution in [1.29, 1.82) is 0 Å². The van der Waals surface area contributed by atoms with Gasteiger partial charge in [0.05, 0.1) is 6.54 Å². The number of halogens is 1. The first-order valence-corrected chi connectivity index (χ1v) is 13.1. The lowest BCUT2D eigenvalue weighted by atomic mass is 9.92. The van der Waals surface area contributed by atoms with Crippen LogP contribution >= 0.6 is 11.6 Å². The van der Waals surface area contributed by atoms with Crippen LogP contribution < -0.4 is 4.72 Å². The molecule has 0 radical (unpaired) electrons. The number of nitrogens with zero attached hydrogens (tertiary/aromatic N) is 2. The van der Waals surface area contributed by atoms with Gasteiger partial charge in [-0.25, -0.2) is 4.79 Å². The average Bonchev–Trinajstić information content (AvgIpc) is 3.18. The van der Waals surface area contributed by atoms with Crippen molar-refractivity contribution in [2.24, 2.45) is 0 Å². The minimum absolute atomic E-state index is 0.351. The minimum Gasteiger partial charge on any atom is -0.439 e. The van der Waals surface area contributed by atoms with E-state index in [1.54, 1.807) is 23.1 Å². The van der Waals surface area contributed by atoms with E-state index in [0.29, 0.717) is 36.8 Å². The summed E-state index contributed by atoms with van der Waals surface area (Å²) < 4.78 is 35.0. The van der Waals surface area contributed by atoms with Gasteiger partial charge in [0, 0.05) is 29.3 Å². The van der Waals surface area contributed by atoms with Crippen LogP contribution in [-0.2, 0) is 21.4 Å². The summed E-state index contributed by atoms with van der Waals surface area (Å²) in [5.74, 6) is 0. The Balaban J connectivity index is 1.40. The summed E-state index contributed by atoms with van der Waals surface area (Å²) in [4.78, 5) is 14.4. The lowest BCUT2D eigenvalue weighted by Gasteiger charge is -2.34. The maximum Gasteiger partial charge on any atom is 0.411 e. The minimum atomic E-state index is -3.54. The Kier molecular flexibility index (Phi) is 6.88. The molecule has 7 nitrogen and oxygen atoms in total. The predicted octanol–water partition coefficient (Wildman–Crippen LogP) is 5.00. The standard InChI is InChI=1S/C24H30ClN3O4S/c1-24(2,28-17-22(32-23(28)29)19-7-6-8-20(25)15-19)16-18-9-11-21(12-10-18)26-33(30,31)27-13-4-3-5-14-27/h6-12,15,22,26H,3-5,13-14,16-17H2,1-2H3/t22-/m0/s1. The van der Waals surface area contributed by atoms with Crippen LogP contribution in [0.4, 0.5) is 10.5 Å². The maximum absolute atomic E-state index is 12.6. The number of cyclic esters (lactones) is 1. The molecule has 2 aromatic carbocycles. The predicted molar refractivity (Wildman–Crippen MR) is 130 cm³/mol. The average molecular weight is 492 g/mol. The van der Waals surface area contributed by atoms with Crippen molar-refractivity contribution < 1.29 is 17.9 Å². The van der Waals surface area contributed by atoms with E-state index in [2.05, 4.69) is 4.72 Å². The molecule has 1 N–H and O–H groups in total. The Morgan fingerprint density at radius 3 is 2.45 bits per heavy atom. The van der Waals surface area contributed by atoms with E-state index in [0.717, 1.165) is 30.4 Å². The lowest BCUT2D eigenvalue weighted by Crippen LogP contribution is -2.46. The maximum atomic E-state index is 12.6. The first-order valence-electron chi connectivity index (χ1n) is 11.2. The highest BCUT2D eigenvalue weighted by atomic mass is 35.5.